The van der Waals surface area contributed by atoms with E-state index in [2.05, 4.69) is 20.9 Å². The molecule has 70 valence electrons. The number of aromatic nitrogens is 2. The molecule has 0 aliphatic carbocycles. The molecule has 1 fully saturated rings. The first-order chi connectivity index (χ1) is 6.31. The molecule has 5 heteroatoms. The first-order valence-electron chi connectivity index (χ1n) is 4.09. The van der Waals surface area contributed by atoms with Crippen molar-refractivity contribution in [3.63, 3.8) is 0 Å². The average molecular weight is 245 g/mol. The van der Waals surface area contributed by atoms with E-state index in [4.69, 9.17) is 4.74 Å². The van der Waals surface area contributed by atoms with Crippen molar-refractivity contribution >= 4 is 22.2 Å². The van der Waals surface area contributed by atoms with Gasteiger partial charge in [-0.25, -0.2) is 4.98 Å². The van der Waals surface area contributed by atoms with E-state index < -0.39 is 0 Å². The first-order valence-corrected chi connectivity index (χ1v) is 4.88. The summed E-state index contributed by atoms with van der Waals surface area (Å²) in [6.07, 6.45) is 3.68. The number of nitrogens with zero attached hydrogens (tertiary/aromatic N) is 2. The molecule has 1 aromatic heterocycles. The van der Waals surface area contributed by atoms with Gasteiger partial charge in [0.15, 0.2) is 12.1 Å². The van der Waals surface area contributed by atoms with Crippen LogP contribution in [0, 0.1) is 0 Å². The van der Waals surface area contributed by atoms with Crippen molar-refractivity contribution in [1.82, 2.24) is 9.55 Å². The van der Waals surface area contributed by atoms with Crippen molar-refractivity contribution in [3.8, 4) is 0 Å². The van der Waals surface area contributed by atoms with Gasteiger partial charge in [0.1, 0.15) is 4.60 Å². The van der Waals surface area contributed by atoms with Crippen LogP contribution in [-0.4, -0.2) is 28.5 Å². The number of halogens is 1. The van der Waals surface area contributed by atoms with E-state index in [1.165, 1.54) is 0 Å². The number of hydrogen-bond acceptors (Lipinski definition) is 3. The number of rotatable bonds is 3. The summed E-state index contributed by atoms with van der Waals surface area (Å²) in [5, 5.41) is 0. The third-order valence-corrected chi connectivity index (χ3v) is 2.76. The van der Waals surface area contributed by atoms with Crippen LogP contribution < -0.4 is 0 Å². The van der Waals surface area contributed by atoms with Crippen LogP contribution in [0.1, 0.15) is 17.0 Å². The smallest absolute Gasteiger partial charge is 0.185 e. The largest absolute Gasteiger partial charge is 0.376 e. The predicted molar refractivity (Wildman–Crippen MR) is 49.7 cm³/mol. The van der Waals surface area contributed by atoms with Crippen molar-refractivity contribution in [3.05, 3.63) is 16.6 Å². The maximum atomic E-state index is 10.6. The number of hydrogen-bond donors (Lipinski definition) is 0. The lowest BCUT2D eigenvalue weighted by molar-refractivity contribution is -0.0596. The van der Waals surface area contributed by atoms with Gasteiger partial charge in [-0.2, -0.15) is 0 Å². The Kier molecular flexibility index (Phi) is 2.46. The fraction of sp³-hybridized carbons (Fsp3) is 0.500. The molecule has 0 radical (unpaired) electrons. The zero-order valence-corrected chi connectivity index (χ0v) is 8.53. The Bertz CT molecular complexity index is 320. The van der Waals surface area contributed by atoms with Crippen LogP contribution in [0.4, 0.5) is 0 Å². The molecule has 1 unspecified atom stereocenters. The predicted octanol–water partition coefficient (Wildman–Crippen LogP) is 1.25. The van der Waals surface area contributed by atoms with E-state index in [0.29, 0.717) is 12.4 Å². The molecule has 1 aromatic rings. The highest BCUT2D eigenvalue weighted by Crippen LogP contribution is 2.18. The zero-order valence-electron chi connectivity index (χ0n) is 6.94. The summed E-state index contributed by atoms with van der Waals surface area (Å²) < 4.78 is 7.91. The number of imidazole rings is 1. The number of aldehydes is 1. The van der Waals surface area contributed by atoms with E-state index in [9.17, 15) is 4.79 Å². The summed E-state index contributed by atoms with van der Waals surface area (Å²) in [6, 6.07) is 0. The Morgan fingerprint density at radius 1 is 1.85 bits per heavy atom. The van der Waals surface area contributed by atoms with Crippen LogP contribution >= 0.6 is 15.9 Å². The average Bonchev–Trinajstić information content (AvgIpc) is 2.39. The second kappa shape index (κ2) is 3.59. The van der Waals surface area contributed by atoms with Crippen LogP contribution in [0.25, 0.3) is 0 Å². The zero-order chi connectivity index (χ0) is 9.26. The Labute approximate surface area is 84.0 Å². The Balaban J connectivity index is 2.15. The second-order valence-electron chi connectivity index (χ2n) is 2.95. The Morgan fingerprint density at radius 2 is 2.62 bits per heavy atom. The standard InChI is InChI=1S/C8H9BrN2O2/c9-7-3-10-8(5-12)11(7)4-6-1-2-13-6/h3,5-6H,1-2,4H2. The van der Waals surface area contributed by atoms with Crippen molar-refractivity contribution in [2.45, 2.75) is 19.1 Å². The molecule has 0 spiro atoms. The Hall–Kier alpha value is -0.680. The molecule has 2 rings (SSSR count). The highest BCUT2D eigenvalue weighted by molar-refractivity contribution is 9.10. The van der Waals surface area contributed by atoms with E-state index in [1.807, 2.05) is 4.57 Å². The minimum Gasteiger partial charge on any atom is -0.376 e. The van der Waals surface area contributed by atoms with E-state index >= 15 is 0 Å². The highest BCUT2D eigenvalue weighted by atomic mass is 79.9. The lowest BCUT2D eigenvalue weighted by Gasteiger charge is -2.27. The topological polar surface area (TPSA) is 44.1 Å². The molecular formula is C8H9BrN2O2. The number of carbonyl (C=O) groups excluding carboxylic acids is 1. The molecule has 0 aromatic carbocycles. The molecule has 1 atom stereocenters. The van der Waals surface area contributed by atoms with Crippen molar-refractivity contribution < 1.29 is 9.53 Å². The normalized spacial score (nSPS) is 21.2. The maximum absolute atomic E-state index is 10.6. The summed E-state index contributed by atoms with van der Waals surface area (Å²) in [4.78, 5) is 14.5. The Morgan fingerprint density at radius 3 is 3.15 bits per heavy atom. The van der Waals surface area contributed by atoms with Crippen LogP contribution in [0.5, 0.6) is 0 Å². The highest BCUT2D eigenvalue weighted by Gasteiger charge is 2.20. The van der Waals surface area contributed by atoms with E-state index in [0.717, 1.165) is 23.9 Å². The third-order valence-electron chi connectivity index (χ3n) is 2.12. The molecule has 1 aliphatic heterocycles. The summed E-state index contributed by atoms with van der Waals surface area (Å²) in [5.41, 5.74) is 0. The molecule has 0 N–H and O–H groups in total. The summed E-state index contributed by atoms with van der Waals surface area (Å²) in [6.45, 7) is 1.53. The van der Waals surface area contributed by atoms with Crippen molar-refractivity contribution in [2.75, 3.05) is 6.61 Å². The van der Waals surface area contributed by atoms with E-state index in [1.54, 1.807) is 6.20 Å². The van der Waals surface area contributed by atoms with E-state index in [-0.39, 0.29) is 6.10 Å². The first kappa shape index (κ1) is 8.90. The summed E-state index contributed by atoms with van der Waals surface area (Å²) >= 11 is 3.33. The minimum absolute atomic E-state index is 0.240. The molecule has 2 heterocycles. The maximum Gasteiger partial charge on any atom is 0.185 e. The molecule has 1 aliphatic rings. The van der Waals surface area contributed by atoms with Gasteiger partial charge in [0.05, 0.1) is 18.8 Å². The van der Waals surface area contributed by atoms with Gasteiger partial charge in [0.25, 0.3) is 0 Å². The SMILES string of the molecule is O=Cc1ncc(Br)n1CC1CCO1. The van der Waals surface area contributed by atoms with Gasteiger partial charge in [-0.3, -0.25) is 4.79 Å². The van der Waals surface area contributed by atoms with Crippen LogP contribution in [-0.2, 0) is 11.3 Å². The van der Waals surface area contributed by atoms with Crippen LogP contribution in [0.2, 0.25) is 0 Å². The number of carbonyl (C=O) groups is 1. The monoisotopic (exact) mass is 244 g/mol. The molecule has 0 bridgehead atoms. The van der Waals surface area contributed by atoms with Gasteiger partial charge in [-0.15, -0.1) is 0 Å². The quantitative estimate of drug-likeness (QED) is 0.752. The minimum atomic E-state index is 0.240. The van der Waals surface area contributed by atoms with Gasteiger partial charge in [-0.05, 0) is 22.4 Å². The van der Waals surface area contributed by atoms with Gasteiger partial charge in [0, 0.05) is 6.61 Å². The summed E-state index contributed by atoms with van der Waals surface area (Å²) in [5.74, 6) is 0.447. The van der Waals surface area contributed by atoms with Gasteiger partial charge in [-0.1, -0.05) is 0 Å². The molecular weight excluding hydrogens is 236 g/mol. The summed E-state index contributed by atoms with van der Waals surface area (Å²) in [7, 11) is 0. The van der Waals surface area contributed by atoms with Gasteiger partial charge in [0.2, 0.25) is 0 Å². The second-order valence-corrected chi connectivity index (χ2v) is 3.76. The van der Waals surface area contributed by atoms with Crippen LogP contribution in [0.3, 0.4) is 0 Å². The molecule has 13 heavy (non-hydrogen) atoms. The molecule has 4 nitrogen and oxygen atoms in total. The lowest BCUT2D eigenvalue weighted by atomic mass is 10.2. The molecule has 0 amide bonds. The molecule has 0 saturated carbocycles. The fourth-order valence-corrected chi connectivity index (χ4v) is 1.70. The number of ether oxygens (including phenoxy) is 1. The third kappa shape index (κ3) is 1.66. The molecule has 1 saturated heterocycles. The van der Waals surface area contributed by atoms with Crippen molar-refractivity contribution in [2.24, 2.45) is 0 Å². The lowest BCUT2D eigenvalue weighted by Crippen LogP contribution is -2.31. The van der Waals surface area contributed by atoms with Gasteiger partial charge < -0.3 is 9.30 Å². The van der Waals surface area contributed by atoms with Crippen molar-refractivity contribution in [1.29, 1.82) is 0 Å². The van der Waals surface area contributed by atoms with Crippen LogP contribution in [0.15, 0.2) is 10.8 Å². The fourth-order valence-electron chi connectivity index (χ4n) is 1.28. The van der Waals surface area contributed by atoms with Gasteiger partial charge >= 0.3 is 0 Å².